The van der Waals surface area contributed by atoms with Crippen LogP contribution >= 0.6 is 0 Å². The number of carbonyl (C=O) groups is 1. The highest BCUT2D eigenvalue weighted by molar-refractivity contribution is 7.90. The quantitative estimate of drug-likeness (QED) is 0.372. The van der Waals surface area contributed by atoms with Crippen molar-refractivity contribution in [1.29, 1.82) is 0 Å². The SMILES string of the molecule is CCOc1cccc2c1c(OCC)c(C(=O)c1ccccn1)n2S(=O)(=O)c1ccccc1. The Kier molecular flexibility index (Phi) is 5.96. The van der Waals surface area contributed by atoms with Crippen LogP contribution in [0.2, 0.25) is 0 Å². The van der Waals surface area contributed by atoms with Crippen LogP contribution in [0.15, 0.2) is 77.8 Å². The lowest BCUT2D eigenvalue weighted by atomic mass is 10.1. The second-order valence-corrected chi connectivity index (χ2v) is 8.61. The highest BCUT2D eigenvalue weighted by Gasteiger charge is 2.34. The van der Waals surface area contributed by atoms with Crippen molar-refractivity contribution in [1.82, 2.24) is 8.96 Å². The van der Waals surface area contributed by atoms with Crippen LogP contribution < -0.4 is 9.47 Å². The van der Waals surface area contributed by atoms with E-state index in [-0.39, 0.29) is 28.6 Å². The van der Waals surface area contributed by atoms with Gasteiger partial charge in [-0.15, -0.1) is 0 Å². The van der Waals surface area contributed by atoms with E-state index in [4.69, 9.17) is 9.47 Å². The summed E-state index contributed by atoms with van der Waals surface area (Å²) < 4.78 is 40.3. The first kappa shape index (κ1) is 21.6. The molecule has 0 aliphatic carbocycles. The van der Waals surface area contributed by atoms with Crippen LogP contribution in [0.1, 0.15) is 30.0 Å². The second kappa shape index (κ2) is 8.84. The van der Waals surface area contributed by atoms with E-state index in [1.165, 1.54) is 18.3 Å². The van der Waals surface area contributed by atoms with E-state index < -0.39 is 15.8 Å². The van der Waals surface area contributed by atoms with E-state index in [0.29, 0.717) is 23.3 Å². The summed E-state index contributed by atoms with van der Waals surface area (Å²) in [6.07, 6.45) is 1.48. The molecule has 2 aromatic carbocycles. The molecule has 0 amide bonds. The number of aromatic nitrogens is 2. The molecule has 164 valence electrons. The van der Waals surface area contributed by atoms with Crippen LogP contribution in [0, 0.1) is 0 Å². The average Bonchev–Trinajstić information content (AvgIpc) is 3.16. The first-order valence-electron chi connectivity index (χ1n) is 10.2. The summed E-state index contributed by atoms with van der Waals surface area (Å²) in [6, 6.07) is 17.9. The molecule has 2 aromatic heterocycles. The van der Waals surface area contributed by atoms with Gasteiger partial charge in [-0.25, -0.2) is 12.4 Å². The second-order valence-electron chi connectivity index (χ2n) is 6.82. The van der Waals surface area contributed by atoms with Gasteiger partial charge in [0, 0.05) is 6.20 Å². The van der Waals surface area contributed by atoms with Crippen LogP contribution in [-0.2, 0) is 10.0 Å². The number of rotatable bonds is 8. The zero-order valence-corrected chi connectivity index (χ0v) is 18.5. The minimum Gasteiger partial charge on any atom is -0.493 e. The van der Waals surface area contributed by atoms with Crippen LogP contribution in [0.5, 0.6) is 11.5 Å². The van der Waals surface area contributed by atoms with E-state index in [1.807, 2.05) is 6.92 Å². The summed E-state index contributed by atoms with van der Waals surface area (Å²) in [6.45, 7) is 4.20. The van der Waals surface area contributed by atoms with Gasteiger partial charge in [0.25, 0.3) is 10.0 Å². The lowest BCUT2D eigenvalue weighted by Gasteiger charge is -2.12. The molecule has 0 unspecified atom stereocenters. The Hall–Kier alpha value is -3.65. The summed E-state index contributed by atoms with van der Waals surface area (Å²) in [7, 11) is -4.15. The van der Waals surface area contributed by atoms with Gasteiger partial charge in [-0.05, 0) is 50.2 Å². The van der Waals surface area contributed by atoms with Gasteiger partial charge >= 0.3 is 0 Å². The maximum Gasteiger partial charge on any atom is 0.268 e. The molecule has 0 radical (unpaired) electrons. The molecule has 2 heterocycles. The Morgan fingerprint density at radius 3 is 2.28 bits per heavy atom. The number of hydrogen-bond acceptors (Lipinski definition) is 6. The molecule has 4 aromatic rings. The number of carbonyl (C=O) groups excluding carboxylic acids is 1. The van der Waals surface area contributed by atoms with Crippen molar-refractivity contribution < 1.29 is 22.7 Å². The predicted octanol–water partition coefficient (Wildman–Crippen LogP) is 4.30. The molecule has 0 aliphatic heterocycles. The zero-order valence-electron chi connectivity index (χ0n) is 17.7. The fraction of sp³-hybridized carbons (Fsp3) is 0.167. The summed E-state index contributed by atoms with van der Waals surface area (Å²) in [5, 5.41) is 0.426. The zero-order chi connectivity index (χ0) is 22.7. The number of ether oxygens (including phenoxy) is 2. The fourth-order valence-electron chi connectivity index (χ4n) is 3.57. The van der Waals surface area contributed by atoms with Crippen LogP contribution in [0.4, 0.5) is 0 Å². The topological polar surface area (TPSA) is 87.5 Å². The van der Waals surface area contributed by atoms with Crippen molar-refractivity contribution >= 4 is 26.7 Å². The van der Waals surface area contributed by atoms with Crippen LogP contribution in [0.25, 0.3) is 10.9 Å². The van der Waals surface area contributed by atoms with Gasteiger partial charge < -0.3 is 9.47 Å². The van der Waals surface area contributed by atoms with E-state index in [1.54, 1.807) is 61.5 Å². The van der Waals surface area contributed by atoms with Crippen molar-refractivity contribution in [3.8, 4) is 11.5 Å². The lowest BCUT2D eigenvalue weighted by Crippen LogP contribution is -2.20. The van der Waals surface area contributed by atoms with Crippen molar-refractivity contribution in [3.05, 3.63) is 84.3 Å². The van der Waals surface area contributed by atoms with E-state index in [9.17, 15) is 13.2 Å². The molecule has 0 spiro atoms. The summed E-state index contributed by atoms with van der Waals surface area (Å²) in [5.41, 5.74) is 0.290. The van der Waals surface area contributed by atoms with Crippen molar-refractivity contribution in [3.63, 3.8) is 0 Å². The Balaban J connectivity index is 2.14. The molecule has 0 aliphatic rings. The molecule has 0 bridgehead atoms. The Bertz CT molecular complexity index is 1360. The first-order valence-corrected chi connectivity index (χ1v) is 11.6. The normalized spacial score (nSPS) is 11.4. The third-order valence-electron chi connectivity index (χ3n) is 4.85. The maximum absolute atomic E-state index is 13.8. The summed E-state index contributed by atoms with van der Waals surface area (Å²) >= 11 is 0. The predicted molar refractivity (Wildman–Crippen MR) is 121 cm³/mol. The van der Waals surface area contributed by atoms with Crippen molar-refractivity contribution in [2.75, 3.05) is 13.2 Å². The minimum atomic E-state index is -4.15. The molecule has 0 atom stereocenters. The van der Waals surface area contributed by atoms with E-state index in [0.717, 1.165) is 3.97 Å². The molecule has 4 rings (SSSR count). The van der Waals surface area contributed by atoms with Gasteiger partial charge in [0.15, 0.2) is 5.75 Å². The van der Waals surface area contributed by atoms with E-state index in [2.05, 4.69) is 4.98 Å². The number of hydrogen-bond donors (Lipinski definition) is 0. The van der Waals surface area contributed by atoms with Gasteiger partial charge in [-0.3, -0.25) is 9.78 Å². The van der Waals surface area contributed by atoms with Gasteiger partial charge in [0.1, 0.15) is 17.1 Å². The summed E-state index contributed by atoms with van der Waals surface area (Å²) in [5.74, 6) is 0.0273. The first-order chi connectivity index (χ1) is 15.5. The largest absolute Gasteiger partial charge is 0.493 e. The monoisotopic (exact) mass is 450 g/mol. The Morgan fingerprint density at radius 1 is 0.906 bits per heavy atom. The van der Waals surface area contributed by atoms with Gasteiger partial charge in [-0.2, -0.15) is 0 Å². The smallest absolute Gasteiger partial charge is 0.268 e. The van der Waals surface area contributed by atoms with Crippen LogP contribution in [0.3, 0.4) is 0 Å². The molecule has 32 heavy (non-hydrogen) atoms. The fourth-order valence-corrected chi connectivity index (χ4v) is 5.10. The highest BCUT2D eigenvalue weighted by Crippen LogP contribution is 2.42. The molecule has 0 N–H and O–H groups in total. The summed E-state index contributed by atoms with van der Waals surface area (Å²) in [4.78, 5) is 17.8. The minimum absolute atomic E-state index is 0.0526. The molecular formula is C24H22N2O5S. The van der Waals surface area contributed by atoms with Crippen molar-refractivity contribution in [2.45, 2.75) is 18.7 Å². The molecule has 8 heteroatoms. The van der Waals surface area contributed by atoms with E-state index >= 15 is 0 Å². The number of nitrogens with zero attached hydrogens (tertiary/aromatic N) is 2. The highest BCUT2D eigenvalue weighted by atomic mass is 32.2. The molecule has 0 saturated heterocycles. The van der Waals surface area contributed by atoms with Crippen LogP contribution in [-0.4, -0.2) is 36.4 Å². The van der Waals surface area contributed by atoms with Crippen molar-refractivity contribution in [2.24, 2.45) is 0 Å². The number of benzene rings is 2. The third-order valence-corrected chi connectivity index (χ3v) is 6.58. The number of fused-ring (bicyclic) bond motifs is 1. The molecular weight excluding hydrogens is 428 g/mol. The molecule has 7 nitrogen and oxygen atoms in total. The Morgan fingerprint density at radius 2 is 1.62 bits per heavy atom. The maximum atomic E-state index is 13.8. The van der Waals surface area contributed by atoms with Gasteiger partial charge in [0.05, 0.1) is 29.0 Å². The lowest BCUT2D eigenvalue weighted by molar-refractivity contribution is 0.102. The molecule has 0 saturated carbocycles. The van der Waals surface area contributed by atoms with Gasteiger partial charge in [0.2, 0.25) is 5.78 Å². The Labute approximate surface area is 186 Å². The number of pyridine rings is 1. The average molecular weight is 451 g/mol. The van der Waals surface area contributed by atoms with Gasteiger partial charge in [-0.1, -0.05) is 30.3 Å². The number of ketones is 1. The standard InChI is InChI=1S/C24H22N2O5S/c1-3-30-20-15-10-14-19-21(20)24(31-4-2)22(23(27)18-13-8-9-16-25-18)26(19)32(28,29)17-11-6-5-7-12-17/h5-16H,3-4H2,1-2H3. The third kappa shape index (κ3) is 3.62. The molecule has 0 fully saturated rings.